The number of ether oxygens (including phenoxy) is 3. The van der Waals surface area contributed by atoms with Crippen LogP contribution in [0.2, 0.25) is 0 Å². The summed E-state index contributed by atoms with van der Waals surface area (Å²) < 4.78 is 16.8. The summed E-state index contributed by atoms with van der Waals surface area (Å²) in [6.45, 7) is 5.22. The summed E-state index contributed by atoms with van der Waals surface area (Å²) in [7, 11) is 0. The second-order valence-corrected chi connectivity index (χ2v) is 6.46. The first-order chi connectivity index (χ1) is 12.6. The van der Waals surface area contributed by atoms with Crippen molar-refractivity contribution in [1.82, 2.24) is 0 Å². The molecule has 2 aliphatic rings. The lowest BCUT2D eigenvalue weighted by molar-refractivity contribution is -0.124. The normalized spacial score (nSPS) is 19.1. The van der Waals surface area contributed by atoms with E-state index in [1.54, 1.807) is 12.1 Å². The van der Waals surface area contributed by atoms with Crippen molar-refractivity contribution in [3.05, 3.63) is 12.1 Å². The van der Waals surface area contributed by atoms with Gasteiger partial charge in [0.05, 0.1) is 24.6 Å². The van der Waals surface area contributed by atoms with E-state index in [-0.39, 0.29) is 17.7 Å². The second kappa shape index (κ2) is 8.40. The maximum absolute atomic E-state index is 12.4. The topological polar surface area (TPSA) is 85.9 Å². The van der Waals surface area contributed by atoms with Crippen LogP contribution in [-0.2, 0) is 14.3 Å². The number of benzene rings is 1. The van der Waals surface area contributed by atoms with E-state index in [9.17, 15) is 9.59 Å². The lowest BCUT2D eigenvalue weighted by Gasteiger charge is -2.18. The zero-order chi connectivity index (χ0) is 18.5. The van der Waals surface area contributed by atoms with Gasteiger partial charge in [0.25, 0.3) is 5.91 Å². The quantitative estimate of drug-likeness (QED) is 0.743. The molecule has 0 spiro atoms. The summed E-state index contributed by atoms with van der Waals surface area (Å²) in [6.07, 6.45) is 3.00. The van der Waals surface area contributed by atoms with Crippen molar-refractivity contribution >= 4 is 23.2 Å². The summed E-state index contributed by atoms with van der Waals surface area (Å²) in [6, 6.07) is 3.41. The van der Waals surface area contributed by atoms with Gasteiger partial charge in [0.15, 0.2) is 0 Å². The van der Waals surface area contributed by atoms with Gasteiger partial charge in [-0.3, -0.25) is 9.59 Å². The molecule has 1 heterocycles. The van der Waals surface area contributed by atoms with Crippen LogP contribution in [0.15, 0.2) is 12.1 Å². The van der Waals surface area contributed by atoms with Gasteiger partial charge >= 0.3 is 0 Å². The van der Waals surface area contributed by atoms with Crippen LogP contribution >= 0.6 is 0 Å². The number of rotatable bonds is 8. The molecule has 1 atom stereocenters. The van der Waals surface area contributed by atoms with Gasteiger partial charge in [-0.25, -0.2) is 0 Å². The van der Waals surface area contributed by atoms with Crippen molar-refractivity contribution in [2.45, 2.75) is 45.6 Å². The molecule has 1 aliphatic heterocycles. The Balaban J connectivity index is 1.84. The largest absolute Gasteiger partial charge is 0.492 e. The zero-order valence-electron chi connectivity index (χ0n) is 15.3. The Morgan fingerprint density at radius 1 is 1.00 bits per heavy atom. The first-order valence-electron chi connectivity index (χ1n) is 9.29. The molecule has 0 bridgehead atoms. The van der Waals surface area contributed by atoms with Crippen LogP contribution in [0.25, 0.3) is 0 Å². The molecule has 0 unspecified atom stereocenters. The molecule has 1 saturated heterocycles. The fourth-order valence-electron chi connectivity index (χ4n) is 2.88. The first kappa shape index (κ1) is 18.5. The monoisotopic (exact) mass is 362 g/mol. The third kappa shape index (κ3) is 4.46. The van der Waals surface area contributed by atoms with Crippen molar-refractivity contribution in [3.8, 4) is 11.5 Å². The summed E-state index contributed by atoms with van der Waals surface area (Å²) in [5.74, 6) is 0.880. The van der Waals surface area contributed by atoms with E-state index in [4.69, 9.17) is 14.2 Å². The number of anilines is 2. The molecule has 2 fully saturated rings. The van der Waals surface area contributed by atoms with E-state index < -0.39 is 6.10 Å². The molecule has 0 radical (unpaired) electrons. The first-order valence-corrected chi connectivity index (χ1v) is 9.29. The molecular formula is C19H26N2O5. The van der Waals surface area contributed by atoms with Crippen molar-refractivity contribution in [1.29, 1.82) is 0 Å². The van der Waals surface area contributed by atoms with E-state index >= 15 is 0 Å². The highest BCUT2D eigenvalue weighted by molar-refractivity contribution is 5.99. The van der Waals surface area contributed by atoms with Crippen molar-refractivity contribution in [2.75, 3.05) is 30.5 Å². The zero-order valence-corrected chi connectivity index (χ0v) is 15.3. The highest BCUT2D eigenvalue weighted by Crippen LogP contribution is 2.39. The number of amides is 2. The molecule has 26 heavy (non-hydrogen) atoms. The van der Waals surface area contributed by atoms with Gasteiger partial charge in [0.1, 0.15) is 17.6 Å². The van der Waals surface area contributed by atoms with Crippen LogP contribution in [0, 0.1) is 5.92 Å². The number of hydrogen-bond donors (Lipinski definition) is 2. The van der Waals surface area contributed by atoms with Crippen molar-refractivity contribution < 1.29 is 23.8 Å². The minimum atomic E-state index is -0.436. The van der Waals surface area contributed by atoms with Crippen molar-refractivity contribution in [3.63, 3.8) is 0 Å². The number of nitrogens with one attached hydrogen (secondary N) is 2. The third-order valence-electron chi connectivity index (χ3n) is 4.37. The standard InChI is InChI=1S/C19H26N2O5/c1-3-24-16-11-14(21-19(23)15-6-5-9-26-15)17(25-4-2)10-13(16)20-18(22)12-7-8-12/h10-12,15H,3-9H2,1-2H3,(H,20,22)(H,21,23)/t15-/m1/s1. The molecule has 1 aromatic carbocycles. The Labute approximate surface area is 153 Å². The minimum Gasteiger partial charge on any atom is -0.492 e. The van der Waals surface area contributed by atoms with E-state index in [0.717, 1.165) is 19.3 Å². The molecule has 0 aromatic heterocycles. The fraction of sp³-hybridized carbons (Fsp3) is 0.579. The molecular weight excluding hydrogens is 336 g/mol. The molecule has 7 heteroatoms. The number of hydrogen-bond acceptors (Lipinski definition) is 5. The molecule has 1 saturated carbocycles. The Bertz CT molecular complexity index is 666. The molecule has 3 rings (SSSR count). The Morgan fingerprint density at radius 3 is 2.04 bits per heavy atom. The Morgan fingerprint density at radius 2 is 1.58 bits per heavy atom. The van der Waals surface area contributed by atoms with Crippen LogP contribution in [0.4, 0.5) is 11.4 Å². The maximum atomic E-state index is 12.4. The molecule has 2 N–H and O–H groups in total. The third-order valence-corrected chi connectivity index (χ3v) is 4.37. The summed E-state index contributed by atoms with van der Waals surface area (Å²) in [4.78, 5) is 24.5. The van der Waals surface area contributed by atoms with Crippen LogP contribution < -0.4 is 20.1 Å². The summed E-state index contributed by atoms with van der Waals surface area (Å²) >= 11 is 0. The predicted molar refractivity (Wildman–Crippen MR) is 97.7 cm³/mol. The number of carbonyl (C=O) groups excluding carboxylic acids is 2. The molecule has 7 nitrogen and oxygen atoms in total. The Kier molecular flexibility index (Phi) is 5.98. The molecule has 1 aromatic rings. The molecule has 142 valence electrons. The Hall–Kier alpha value is -2.28. The summed E-state index contributed by atoms with van der Waals surface area (Å²) in [5.41, 5.74) is 1.07. The van der Waals surface area contributed by atoms with Crippen LogP contribution in [0.3, 0.4) is 0 Å². The van der Waals surface area contributed by atoms with Gasteiger partial charge in [-0.1, -0.05) is 0 Å². The maximum Gasteiger partial charge on any atom is 0.253 e. The molecule has 2 amide bonds. The van der Waals surface area contributed by atoms with Gasteiger partial charge < -0.3 is 24.8 Å². The highest BCUT2D eigenvalue weighted by Gasteiger charge is 2.31. The average molecular weight is 362 g/mol. The lowest BCUT2D eigenvalue weighted by atomic mass is 10.2. The van der Waals surface area contributed by atoms with Crippen LogP contribution in [0.1, 0.15) is 39.5 Å². The van der Waals surface area contributed by atoms with Gasteiger partial charge in [0.2, 0.25) is 5.91 Å². The van der Waals surface area contributed by atoms with E-state index in [0.29, 0.717) is 49.1 Å². The van der Waals surface area contributed by atoms with Crippen molar-refractivity contribution in [2.24, 2.45) is 5.92 Å². The van der Waals surface area contributed by atoms with E-state index in [2.05, 4.69) is 10.6 Å². The van der Waals surface area contributed by atoms with E-state index in [1.807, 2.05) is 13.8 Å². The van der Waals surface area contributed by atoms with Gasteiger partial charge in [-0.2, -0.15) is 0 Å². The smallest absolute Gasteiger partial charge is 0.253 e. The van der Waals surface area contributed by atoms with Gasteiger partial charge in [-0.05, 0) is 39.5 Å². The second-order valence-electron chi connectivity index (χ2n) is 6.46. The predicted octanol–water partition coefficient (Wildman–Crippen LogP) is 2.95. The van der Waals surface area contributed by atoms with E-state index in [1.165, 1.54) is 0 Å². The summed E-state index contributed by atoms with van der Waals surface area (Å²) in [5, 5.41) is 5.78. The van der Waals surface area contributed by atoms with Crippen LogP contribution in [-0.4, -0.2) is 37.7 Å². The SMILES string of the molecule is CCOc1cc(NC(=O)[C@H]2CCCO2)c(OCC)cc1NC(=O)C1CC1. The minimum absolute atomic E-state index is 0.00968. The average Bonchev–Trinajstić information content (AvgIpc) is 3.33. The van der Waals surface area contributed by atoms with Gasteiger partial charge in [-0.15, -0.1) is 0 Å². The highest BCUT2D eigenvalue weighted by atomic mass is 16.5. The number of carbonyl (C=O) groups is 2. The van der Waals surface area contributed by atoms with Crippen LogP contribution in [0.5, 0.6) is 11.5 Å². The fourth-order valence-corrected chi connectivity index (χ4v) is 2.88. The molecule has 1 aliphatic carbocycles. The van der Waals surface area contributed by atoms with Gasteiger partial charge in [0, 0.05) is 24.7 Å². The lowest BCUT2D eigenvalue weighted by Crippen LogP contribution is -2.27.